The largest absolute Gasteiger partial charge is 0.478 e. The lowest BCUT2D eigenvalue weighted by Crippen LogP contribution is -2.10. The zero-order chi connectivity index (χ0) is 12.1. The summed E-state index contributed by atoms with van der Waals surface area (Å²) in [4.78, 5) is 10.9. The maximum Gasteiger partial charge on any atom is 0.336 e. The monoisotopic (exact) mass is 226 g/mol. The highest BCUT2D eigenvalue weighted by Crippen LogP contribution is 2.14. The highest BCUT2D eigenvalue weighted by Gasteiger charge is 2.12. The molecule has 1 rings (SSSR count). The van der Waals surface area contributed by atoms with Crippen LogP contribution >= 0.6 is 0 Å². The SMILES string of the molecule is CCC(C)OCc1ccc(F)cc1C(=O)O. The van der Waals surface area contributed by atoms with Crippen molar-refractivity contribution in [1.82, 2.24) is 0 Å². The number of halogens is 1. The minimum absolute atomic E-state index is 0.0386. The summed E-state index contributed by atoms with van der Waals surface area (Å²) < 4.78 is 18.3. The molecule has 0 aliphatic carbocycles. The van der Waals surface area contributed by atoms with Gasteiger partial charge in [0.05, 0.1) is 18.3 Å². The van der Waals surface area contributed by atoms with Crippen LogP contribution < -0.4 is 0 Å². The topological polar surface area (TPSA) is 46.5 Å². The average Bonchev–Trinajstić information content (AvgIpc) is 2.26. The van der Waals surface area contributed by atoms with Crippen LogP contribution in [0.25, 0.3) is 0 Å². The highest BCUT2D eigenvalue weighted by molar-refractivity contribution is 5.89. The van der Waals surface area contributed by atoms with Gasteiger partial charge in [-0.1, -0.05) is 13.0 Å². The average molecular weight is 226 g/mol. The molecule has 0 saturated heterocycles. The van der Waals surface area contributed by atoms with Crippen molar-refractivity contribution < 1.29 is 19.0 Å². The minimum Gasteiger partial charge on any atom is -0.478 e. The van der Waals surface area contributed by atoms with Crippen molar-refractivity contribution in [2.24, 2.45) is 0 Å². The predicted octanol–water partition coefficient (Wildman–Crippen LogP) is 2.84. The van der Waals surface area contributed by atoms with Crippen LogP contribution in [0.4, 0.5) is 4.39 Å². The van der Waals surface area contributed by atoms with E-state index in [9.17, 15) is 9.18 Å². The normalized spacial score (nSPS) is 12.4. The molecular formula is C12H15FO3. The molecule has 1 N–H and O–H groups in total. The second-order valence-electron chi connectivity index (χ2n) is 3.64. The second-order valence-corrected chi connectivity index (χ2v) is 3.64. The van der Waals surface area contributed by atoms with Gasteiger partial charge in [-0.15, -0.1) is 0 Å². The molecule has 3 nitrogen and oxygen atoms in total. The van der Waals surface area contributed by atoms with Crippen molar-refractivity contribution in [3.63, 3.8) is 0 Å². The molecule has 0 aliphatic heterocycles. The summed E-state index contributed by atoms with van der Waals surface area (Å²) in [7, 11) is 0. The van der Waals surface area contributed by atoms with E-state index in [0.29, 0.717) is 5.56 Å². The van der Waals surface area contributed by atoms with Gasteiger partial charge in [0.15, 0.2) is 0 Å². The van der Waals surface area contributed by atoms with Gasteiger partial charge in [0, 0.05) is 0 Å². The highest BCUT2D eigenvalue weighted by atomic mass is 19.1. The lowest BCUT2D eigenvalue weighted by Gasteiger charge is -2.12. The van der Waals surface area contributed by atoms with E-state index in [1.807, 2.05) is 13.8 Å². The number of rotatable bonds is 5. The number of benzene rings is 1. The quantitative estimate of drug-likeness (QED) is 0.839. The van der Waals surface area contributed by atoms with Crippen molar-refractivity contribution in [3.8, 4) is 0 Å². The summed E-state index contributed by atoms with van der Waals surface area (Å²) in [5.41, 5.74) is 0.456. The Morgan fingerprint density at radius 2 is 2.25 bits per heavy atom. The molecule has 0 heterocycles. The summed E-state index contributed by atoms with van der Waals surface area (Å²) in [6.45, 7) is 4.08. The first-order valence-electron chi connectivity index (χ1n) is 5.18. The van der Waals surface area contributed by atoms with Crippen molar-refractivity contribution >= 4 is 5.97 Å². The third-order valence-electron chi connectivity index (χ3n) is 2.40. The molecule has 1 atom stereocenters. The third kappa shape index (κ3) is 3.31. The number of ether oxygens (including phenoxy) is 1. The van der Waals surface area contributed by atoms with Crippen molar-refractivity contribution in [2.75, 3.05) is 0 Å². The molecule has 0 spiro atoms. The molecule has 4 heteroatoms. The maximum atomic E-state index is 12.9. The lowest BCUT2D eigenvalue weighted by molar-refractivity contribution is 0.0487. The van der Waals surface area contributed by atoms with Gasteiger partial charge in [-0.3, -0.25) is 0 Å². The molecule has 0 fully saturated rings. The van der Waals surface area contributed by atoms with Crippen LogP contribution in [0.3, 0.4) is 0 Å². The van der Waals surface area contributed by atoms with E-state index in [1.54, 1.807) is 0 Å². The Balaban J connectivity index is 2.82. The first-order chi connectivity index (χ1) is 7.54. The zero-order valence-corrected chi connectivity index (χ0v) is 9.37. The van der Waals surface area contributed by atoms with Crippen molar-refractivity contribution in [2.45, 2.75) is 33.0 Å². The summed E-state index contributed by atoms with van der Waals surface area (Å²) in [5, 5.41) is 8.89. The number of hydrogen-bond donors (Lipinski definition) is 1. The molecule has 16 heavy (non-hydrogen) atoms. The van der Waals surface area contributed by atoms with Gasteiger partial charge >= 0.3 is 5.97 Å². The molecule has 1 aromatic rings. The van der Waals surface area contributed by atoms with Gasteiger partial charge in [-0.25, -0.2) is 9.18 Å². The molecule has 0 radical (unpaired) electrons. The van der Waals surface area contributed by atoms with Gasteiger partial charge in [0.2, 0.25) is 0 Å². The first-order valence-corrected chi connectivity index (χ1v) is 5.18. The number of carboxylic acids is 1. The molecule has 1 aromatic carbocycles. The van der Waals surface area contributed by atoms with Gasteiger partial charge in [-0.2, -0.15) is 0 Å². The van der Waals surface area contributed by atoms with Crippen molar-refractivity contribution in [1.29, 1.82) is 0 Å². The molecule has 0 saturated carbocycles. The van der Waals surface area contributed by atoms with Crippen LogP contribution in [-0.2, 0) is 11.3 Å². The molecule has 1 unspecified atom stereocenters. The van der Waals surface area contributed by atoms with Crippen LogP contribution in [0.5, 0.6) is 0 Å². The summed E-state index contributed by atoms with van der Waals surface area (Å²) >= 11 is 0. The molecule has 88 valence electrons. The minimum atomic E-state index is -1.14. The molecule has 0 aliphatic rings. The van der Waals surface area contributed by atoms with E-state index in [4.69, 9.17) is 9.84 Å². The van der Waals surface area contributed by atoms with E-state index in [2.05, 4.69) is 0 Å². The summed E-state index contributed by atoms with van der Waals surface area (Å²) in [5.74, 6) is -1.69. The van der Waals surface area contributed by atoms with Crippen LogP contribution in [0.1, 0.15) is 36.2 Å². The fourth-order valence-electron chi connectivity index (χ4n) is 1.22. The lowest BCUT2D eigenvalue weighted by atomic mass is 10.1. The number of aromatic carboxylic acids is 1. The van der Waals surface area contributed by atoms with Crippen LogP contribution in [-0.4, -0.2) is 17.2 Å². The predicted molar refractivity (Wildman–Crippen MR) is 57.9 cm³/mol. The Morgan fingerprint density at radius 1 is 1.56 bits per heavy atom. The number of carboxylic acid groups (broad SMARTS) is 1. The Kier molecular flexibility index (Phi) is 4.43. The third-order valence-corrected chi connectivity index (χ3v) is 2.40. The smallest absolute Gasteiger partial charge is 0.336 e. The molecule has 0 bridgehead atoms. The molecule has 0 amide bonds. The number of hydrogen-bond acceptors (Lipinski definition) is 2. The Bertz CT molecular complexity index is 377. The fourth-order valence-corrected chi connectivity index (χ4v) is 1.22. The Morgan fingerprint density at radius 3 is 2.81 bits per heavy atom. The van der Waals surface area contributed by atoms with E-state index in [0.717, 1.165) is 12.5 Å². The van der Waals surface area contributed by atoms with Gasteiger partial charge in [0.1, 0.15) is 5.82 Å². The fraction of sp³-hybridized carbons (Fsp3) is 0.417. The summed E-state index contributed by atoms with van der Waals surface area (Å²) in [6, 6.07) is 3.69. The van der Waals surface area contributed by atoms with Crippen LogP contribution in [0.2, 0.25) is 0 Å². The zero-order valence-electron chi connectivity index (χ0n) is 9.37. The Labute approximate surface area is 93.9 Å². The number of carbonyl (C=O) groups is 1. The molecular weight excluding hydrogens is 211 g/mol. The second kappa shape index (κ2) is 5.61. The first kappa shape index (κ1) is 12.6. The van der Waals surface area contributed by atoms with E-state index in [-0.39, 0.29) is 18.3 Å². The Hall–Kier alpha value is -1.42. The van der Waals surface area contributed by atoms with Crippen LogP contribution in [0.15, 0.2) is 18.2 Å². The maximum absolute atomic E-state index is 12.9. The molecule has 0 aromatic heterocycles. The van der Waals surface area contributed by atoms with Gasteiger partial charge in [0.25, 0.3) is 0 Å². The van der Waals surface area contributed by atoms with E-state index >= 15 is 0 Å². The van der Waals surface area contributed by atoms with E-state index < -0.39 is 11.8 Å². The van der Waals surface area contributed by atoms with Crippen LogP contribution in [0, 0.1) is 5.82 Å². The van der Waals surface area contributed by atoms with Gasteiger partial charge in [-0.05, 0) is 31.0 Å². The standard InChI is InChI=1S/C12H15FO3/c1-3-8(2)16-7-9-4-5-10(13)6-11(9)12(14)15/h4-6,8H,3,7H2,1-2H3,(H,14,15). The van der Waals surface area contributed by atoms with Gasteiger partial charge < -0.3 is 9.84 Å². The van der Waals surface area contributed by atoms with Crippen molar-refractivity contribution in [3.05, 3.63) is 35.1 Å². The summed E-state index contributed by atoms with van der Waals surface area (Å²) in [6.07, 6.45) is 0.913. The van der Waals surface area contributed by atoms with E-state index in [1.165, 1.54) is 12.1 Å².